The van der Waals surface area contributed by atoms with E-state index in [0.717, 1.165) is 5.56 Å². The van der Waals surface area contributed by atoms with Crippen molar-refractivity contribution in [3.05, 3.63) is 35.2 Å². The average molecular weight is 375 g/mol. The molecule has 1 fully saturated rings. The molecule has 0 amide bonds. The van der Waals surface area contributed by atoms with Crippen molar-refractivity contribution < 1.29 is 14.4 Å². The van der Waals surface area contributed by atoms with Crippen molar-refractivity contribution in [2.24, 2.45) is 0 Å². The van der Waals surface area contributed by atoms with Crippen LogP contribution in [0.2, 0.25) is 5.02 Å². The molecule has 7 nitrogen and oxygen atoms in total. The molecule has 1 aliphatic rings. The van der Waals surface area contributed by atoms with Gasteiger partial charge in [-0.2, -0.15) is 0 Å². The molecule has 0 spiro atoms. The Morgan fingerprint density at radius 1 is 1.23 bits per heavy atom. The third-order valence-electron chi connectivity index (χ3n) is 4.43. The van der Waals surface area contributed by atoms with Gasteiger partial charge >= 0.3 is 0 Å². The Bertz CT molecular complexity index is 921. The molecule has 26 heavy (non-hydrogen) atoms. The highest BCUT2D eigenvalue weighted by Gasteiger charge is 2.29. The van der Waals surface area contributed by atoms with Gasteiger partial charge in [0.25, 0.3) is 0 Å². The first kappa shape index (κ1) is 17.2. The summed E-state index contributed by atoms with van der Waals surface area (Å²) in [6.07, 6.45) is 3.46. The minimum atomic E-state index is -0.230. The topological polar surface area (TPSA) is 84.5 Å². The van der Waals surface area contributed by atoms with Crippen LogP contribution < -0.4 is 4.90 Å². The Morgan fingerprint density at radius 3 is 2.58 bits per heavy atom. The predicted octanol–water partition coefficient (Wildman–Crippen LogP) is 3.04. The van der Waals surface area contributed by atoms with Gasteiger partial charge in [0.2, 0.25) is 5.58 Å². The zero-order valence-corrected chi connectivity index (χ0v) is 15.3. The fraction of sp³-hybridized carbons (Fsp3) is 0.389. The van der Waals surface area contributed by atoms with E-state index in [1.54, 1.807) is 12.4 Å². The van der Waals surface area contributed by atoms with Gasteiger partial charge < -0.3 is 19.3 Å². The second-order valence-electron chi connectivity index (χ2n) is 6.49. The van der Waals surface area contributed by atoms with E-state index in [1.807, 2.05) is 26.0 Å². The number of rotatable bonds is 3. The summed E-state index contributed by atoms with van der Waals surface area (Å²) in [5.41, 5.74) is 3.53. The Hall–Kier alpha value is -2.22. The molecule has 8 heteroatoms. The molecule has 1 N–H and O–H groups in total. The summed E-state index contributed by atoms with van der Waals surface area (Å²) >= 11 is 6.68. The molecule has 0 aromatic carbocycles. The third-order valence-corrected chi connectivity index (χ3v) is 4.78. The van der Waals surface area contributed by atoms with Crippen molar-refractivity contribution >= 4 is 28.4 Å². The smallest absolute Gasteiger partial charge is 0.206 e. The summed E-state index contributed by atoms with van der Waals surface area (Å²) in [6, 6.07) is 3.65. The van der Waals surface area contributed by atoms with Gasteiger partial charge in [0, 0.05) is 31.0 Å². The number of hydrogen-bond donors (Lipinski definition) is 1. The molecule has 136 valence electrons. The predicted molar refractivity (Wildman–Crippen MR) is 98.2 cm³/mol. The van der Waals surface area contributed by atoms with Crippen molar-refractivity contribution in [3.8, 4) is 11.3 Å². The lowest BCUT2D eigenvalue weighted by molar-refractivity contribution is -0.00533. The third kappa shape index (κ3) is 2.92. The number of nitrogens with zero attached hydrogens (tertiary/aromatic N) is 4. The van der Waals surface area contributed by atoms with Crippen LogP contribution in [0, 0.1) is 0 Å². The van der Waals surface area contributed by atoms with E-state index < -0.39 is 0 Å². The lowest BCUT2D eigenvalue weighted by atomic mass is 10.1. The molecule has 4 heterocycles. The average Bonchev–Trinajstić information content (AvgIpc) is 3.05. The van der Waals surface area contributed by atoms with Crippen LogP contribution in [0.4, 0.5) is 5.69 Å². The van der Waals surface area contributed by atoms with Gasteiger partial charge in [-0.1, -0.05) is 16.8 Å². The summed E-state index contributed by atoms with van der Waals surface area (Å²) in [4.78, 5) is 10.7. The second kappa shape index (κ2) is 6.83. The number of morpholine rings is 1. The molecule has 3 aromatic rings. The van der Waals surface area contributed by atoms with Crippen LogP contribution in [0.3, 0.4) is 0 Å². The van der Waals surface area contributed by atoms with Crippen molar-refractivity contribution in [3.63, 3.8) is 0 Å². The summed E-state index contributed by atoms with van der Waals surface area (Å²) in [6.45, 7) is 5.12. The second-order valence-corrected chi connectivity index (χ2v) is 6.86. The van der Waals surface area contributed by atoms with E-state index in [-0.39, 0.29) is 18.8 Å². The molecule has 0 bridgehead atoms. The molecule has 0 radical (unpaired) electrons. The molecule has 2 atom stereocenters. The summed E-state index contributed by atoms with van der Waals surface area (Å²) in [5.74, 6) is 0. The van der Waals surface area contributed by atoms with Crippen LogP contribution in [0.1, 0.15) is 19.5 Å². The Balaban J connectivity index is 1.86. The van der Waals surface area contributed by atoms with Crippen molar-refractivity contribution in [2.45, 2.75) is 32.7 Å². The minimum Gasteiger partial charge on any atom is -0.390 e. The van der Waals surface area contributed by atoms with Gasteiger partial charge in [-0.25, -0.2) is 4.98 Å². The fourth-order valence-electron chi connectivity index (χ4n) is 3.45. The molecular formula is C18H19ClN4O3. The van der Waals surface area contributed by atoms with Crippen LogP contribution in [-0.4, -0.2) is 45.5 Å². The normalized spacial score (nSPS) is 20.7. The maximum atomic E-state index is 9.92. The highest BCUT2D eigenvalue weighted by Crippen LogP contribution is 2.39. The van der Waals surface area contributed by atoms with E-state index in [1.165, 1.54) is 0 Å². The summed E-state index contributed by atoms with van der Waals surface area (Å²) < 4.78 is 11.3. The first-order valence-corrected chi connectivity index (χ1v) is 8.85. The number of pyridine rings is 2. The zero-order chi connectivity index (χ0) is 18.3. The summed E-state index contributed by atoms with van der Waals surface area (Å²) in [5, 5.41) is 14.5. The molecule has 1 aliphatic heterocycles. The van der Waals surface area contributed by atoms with E-state index in [2.05, 4.69) is 20.0 Å². The highest BCUT2D eigenvalue weighted by atomic mass is 35.5. The van der Waals surface area contributed by atoms with Crippen LogP contribution in [0.15, 0.2) is 29.0 Å². The van der Waals surface area contributed by atoms with Crippen molar-refractivity contribution in [1.29, 1.82) is 0 Å². The molecule has 4 rings (SSSR count). The SMILES string of the molecule is C[C@@H]1CN(c2c(CO)nc3c(-c4ccncc4)noc3c2Cl)C[C@H](C)O1. The first-order valence-electron chi connectivity index (χ1n) is 8.48. The Kier molecular flexibility index (Phi) is 4.52. The quantitative estimate of drug-likeness (QED) is 0.754. The molecule has 1 saturated heterocycles. The van der Waals surface area contributed by atoms with E-state index in [4.69, 9.17) is 20.9 Å². The molecular weight excluding hydrogens is 356 g/mol. The van der Waals surface area contributed by atoms with Crippen LogP contribution in [0.25, 0.3) is 22.4 Å². The van der Waals surface area contributed by atoms with Gasteiger partial charge in [-0.15, -0.1) is 0 Å². The molecule has 0 saturated carbocycles. The number of halogens is 1. The largest absolute Gasteiger partial charge is 0.390 e. The van der Waals surface area contributed by atoms with Gasteiger partial charge in [0.1, 0.15) is 16.2 Å². The maximum Gasteiger partial charge on any atom is 0.206 e. The number of anilines is 1. The fourth-order valence-corrected chi connectivity index (χ4v) is 3.80. The number of aliphatic hydroxyl groups excluding tert-OH is 1. The summed E-state index contributed by atoms with van der Waals surface area (Å²) in [7, 11) is 0. The maximum absolute atomic E-state index is 9.92. The zero-order valence-electron chi connectivity index (χ0n) is 14.5. The van der Waals surface area contributed by atoms with E-state index in [0.29, 0.717) is 46.3 Å². The molecule has 0 aliphatic carbocycles. The molecule has 3 aromatic heterocycles. The van der Waals surface area contributed by atoms with Crippen LogP contribution >= 0.6 is 11.6 Å². The number of aromatic nitrogens is 3. The van der Waals surface area contributed by atoms with E-state index >= 15 is 0 Å². The highest BCUT2D eigenvalue weighted by molar-refractivity contribution is 6.37. The van der Waals surface area contributed by atoms with Crippen molar-refractivity contribution in [2.75, 3.05) is 18.0 Å². The van der Waals surface area contributed by atoms with Gasteiger partial charge in [-0.05, 0) is 26.0 Å². The number of aliphatic hydroxyl groups is 1. The number of ether oxygens (including phenoxy) is 1. The monoisotopic (exact) mass is 374 g/mol. The minimum absolute atomic E-state index is 0.0548. The first-order chi connectivity index (χ1) is 12.6. The van der Waals surface area contributed by atoms with E-state index in [9.17, 15) is 5.11 Å². The molecule has 0 unspecified atom stereocenters. The standard InChI is InChI=1S/C18H19ClN4O3/c1-10-7-23(8-11(2)25-10)17-13(9-24)21-16-15(12-3-5-20-6-4-12)22-26-18(16)14(17)19/h3-6,10-11,24H,7-9H2,1-2H3/t10-,11+. The number of fused-ring (bicyclic) bond motifs is 1. The lowest BCUT2D eigenvalue weighted by Crippen LogP contribution is -2.46. The van der Waals surface area contributed by atoms with Gasteiger partial charge in [-0.3, -0.25) is 4.98 Å². The van der Waals surface area contributed by atoms with Crippen LogP contribution in [-0.2, 0) is 11.3 Å². The lowest BCUT2D eigenvalue weighted by Gasteiger charge is -2.37. The van der Waals surface area contributed by atoms with Crippen LogP contribution in [0.5, 0.6) is 0 Å². The van der Waals surface area contributed by atoms with Gasteiger partial charge in [0.05, 0.1) is 30.2 Å². The number of hydrogen-bond acceptors (Lipinski definition) is 7. The van der Waals surface area contributed by atoms with Gasteiger partial charge in [0.15, 0.2) is 0 Å². The Labute approximate surface area is 155 Å². The Morgan fingerprint density at radius 2 is 1.92 bits per heavy atom. The van der Waals surface area contributed by atoms with Crippen molar-refractivity contribution in [1.82, 2.24) is 15.1 Å².